The van der Waals surface area contributed by atoms with Crippen LogP contribution < -0.4 is 15.1 Å². The second-order valence-electron chi connectivity index (χ2n) is 23.7. The van der Waals surface area contributed by atoms with Crippen molar-refractivity contribution >= 4 is 121 Å². The first kappa shape index (κ1) is 61.4. The van der Waals surface area contributed by atoms with E-state index in [1.165, 1.54) is 71.6 Å². The lowest BCUT2D eigenvalue weighted by Crippen LogP contribution is -2.10. The molecule has 464 valence electrons. The van der Waals surface area contributed by atoms with Crippen LogP contribution in [0.25, 0.3) is 88.4 Å². The number of fused-ring (bicyclic) bond motifs is 6. The Balaban J connectivity index is 0.000000155. The molecule has 15 aromatic carbocycles. The van der Waals surface area contributed by atoms with Gasteiger partial charge in [-0.2, -0.15) is 0 Å². The van der Waals surface area contributed by atoms with E-state index >= 15 is 0 Å². The molecule has 0 aliphatic heterocycles. The number of nitrogens with one attached hydrogen (secondary N) is 1. The van der Waals surface area contributed by atoms with Crippen LogP contribution in [0.5, 0.6) is 0 Å². The molecule has 1 N–H and O–H groups in total. The van der Waals surface area contributed by atoms with Gasteiger partial charge in [0.05, 0.1) is 22.1 Å². The quantitative estimate of drug-likeness (QED) is 0.125. The fourth-order valence-corrected chi connectivity index (χ4v) is 13.7. The molecule has 97 heavy (non-hydrogen) atoms. The predicted molar refractivity (Wildman–Crippen MR) is 419 cm³/mol. The summed E-state index contributed by atoms with van der Waals surface area (Å²) in [6.07, 6.45) is 0. The molecule has 5 nitrogen and oxygen atoms in total. The van der Waals surface area contributed by atoms with Crippen molar-refractivity contribution < 1.29 is 0 Å². The highest BCUT2D eigenvalue weighted by Gasteiger charge is 2.21. The van der Waals surface area contributed by atoms with Crippen LogP contribution in [0.3, 0.4) is 0 Å². The lowest BCUT2D eigenvalue weighted by atomic mass is 10.0. The van der Waals surface area contributed by atoms with Crippen molar-refractivity contribution in [1.29, 1.82) is 0 Å². The first-order valence-corrected chi connectivity index (χ1v) is 34.1. The van der Waals surface area contributed by atoms with Crippen molar-refractivity contribution in [3.63, 3.8) is 0 Å². The van der Waals surface area contributed by atoms with Gasteiger partial charge < -0.3 is 24.3 Å². The molecule has 0 saturated heterocycles. The molecule has 0 bridgehead atoms. The number of aromatic nitrogens is 2. The third-order valence-electron chi connectivity index (χ3n) is 17.5. The maximum atomic E-state index is 3.58. The molecule has 0 unspecified atom stereocenters. The molecule has 0 saturated carbocycles. The number of rotatable bonds is 13. The van der Waals surface area contributed by atoms with Crippen molar-refractivity contribution in [3.8, 4) is 44.8 Å². The zero-order valence-electron chi connectivity index (χ0n) is 53.0. The van der Waals surface area contributed by atoms with Crippen LogP contribution >= 0.6 is 31.9 Å². The maximum absolute atomic E-state index is 3.58. The van der Waals surface area contributed by atoms with E-state index in [-0.39, 0.29) is 0 Å². The van der Waals surface area contributed by atoms with Gasteiger partial charge in [0.25, 0.3) is 0 Å². The van der Waals surface area contributed by atoms with E-state index in [2.05, 4.69) is 414 Å². The maximum Gasteiger partial charge on any atom is 0.0542 e. The molecule has 0 amide bonds. The number of benzene rings is 15. The molecular formula is C90H65Br2N5. The van der Waals surface area contributed by atoms with Gasteiger partial charge in [-0.15, -0.1) is 0 Å². The summed E-state index contributed by atoms with van der Waals surface area (Å²) < 4.78 is 6.90. The van der Waals surface area contributed by atoms with Crippen LogP contribution in [0, 0.1) is 0 Å². The lowest BCUT2D eigenvalue weighted by Gasteiger charge is -2.26. The van der Waals surface area contributed by atoms with Gasteiger partial charge in [0.1, 0.15) is 0 Å². The van der Waals surface area contributed by atoms with E-state index in [1.54, 1.807) is 0 Å². The van der Waals surface area contributed by atoms with Crippen LogP contribution in [0.4, 0.5) is 45.5 Å². The Kier molecular flexibility index (Phi) is 18.0. The van der Waals surface area contributed by atoms with E-state index in [1.807, 2.05) is 30.3 Å². The molecule has 7 heteroatoms. The summed E-state index contributed by atoms with van der Waals surface area (Å²) in [4.78, 5) is 4.71. The average Bonchev–Trinajstić information content (AvgIpc) is 1.57. The minimum absolute atomic E-state index is 1.09. The van der Waals surface area contributed by atoms with Crippen molar-refractivity contribution in [2.75, 3.05) is 15.1 Å². The average molecular weight is 1380 g/mol. The summed E-state index contributed by atoms with van der Waals surface area (Å²) >= 11 is 7.16. The molecule has 17 rings (SSSR count). The van der Waals surface area contributed by atoms with Crippen molar-refractivity contribution in [1.82, 2.24) is 9.13 Å². The number of para-hydroxylation sites is 5. The smallest absolute Gasteiger partial charge is 0.0542 e. The highest BCUT2D eigenvalue weighted by Crippen LogP contribution is 2.44. The Morgan fingerprint density at radius 1 is 0.206 bits per heavy atom. The minimum atomic E-state index is 1.09. The molecule has 2 heterocycles. The first-order valence-electron chi connectivity index (χ1n) is 32.5. The third kappa shape index (κ3) is 13.4. The van der Waals surface area contributed by atoms with Gasteiger partial charge in [-0.1, -0.05) is 250 Å². The summed E-state index contributed by atoms with van der Waals surface area (Å²) in [6, 6.07) is 137. The van der Waals surface area contributed by atoms with Crippen LogP contribution in [0.2, 0.25) is 0 Å². The van der Waals surface area contributed by atoms with Gasteiger partial charge in [0.2, 0.25) is 0 Å². The van der Waals surface area contributed by atoms with Gasteiger partial charge in [0, 0.05) is 87.4 Å². The van der Waals surface area contributed by atoms with Crippen LogP contribution in [-0.2, 0) is 0 Å². The number of anilines is 8. The Morgan fingerprint density at radius 2 is 0.454 bits per heavy atom. The fourth-order valence-electron chi connectivity index (χ4n) is 12.9. The van der Waals surface area contributed by atoms with Crippen LogP contribution in [-0.4, -0.2) is 9.13 Å². The highest BCUT2D eigenvalue weighted by molar-refractivity contribution is 9.10. The SMILES string of the molecule is Brc1ccc2c(c1)c1cc(Br)ccc1n2-c1ccccc1.c1ccc(-c2ccc(N(c3ccccc3)c3ccc4c(c3)c3cc(N(c5ccccc5)c5ccc(-c6ccccc6)cc5)ccc3n4-c3ccccc3)cc2)cc1.c1ccc(Nc2ccc(-c3ccccc3)cc2)cc1. The molecule has 2 aromatic heterocycles. The summed E-state index contributed by atoms with van der Waals surface area (Å²) in [5, 5.41) is 8.26. The van der Waals surface area contributed by atoms with E-state index in [9.17, 15) is 0 Å². The molecule has 0 atom stereocenters. The van der Waals surface area contributed by atoms with E-state index in [4.69, 9.17) is 0 Å². The van der Waals surface area contributed by atoms with Gasteiger partial charge >= 0.3 is 0 Å². The predicted octanol–water partition coefficient (Wildman–Crippen LogP) is 26.5. The van der Waals surface area contributed by atoms with E-state index in [0.717, 1.165) is 71.2 Å². The van der Waals surface area contributed by atoms with E-state index in [0.29, 0.717) is 0 Å². The molecule has 17 aromatic rings. The standard InChI is InChI=1S/C54H39N3.C18H11Br2N.C18H15N/c1-6-16-40(17-7-1)42-26-30-47(31-27-42)55(44-20-10-3-11-21-44)49-34-36-53-51(38-49)52-39-50(35-37-54(52)57(53)46-24-14-5-15-25-46)56(45-22-12-4-13-23-45)48-32-28-43(29-33-48)41-18-8-2-9-19-41;19-12-6-8-17-15(10-12)16-11-13(20)7-9-18(16)21(17)14-4-2-1-3-5-14;1-3-7-15(8-4-1)16-11-13-18(14-12-16)19-17-9-5-2-6-10-17/h1-39H;1-11H;1-14,19H. The number of hydrogen-bond donors (Lipinski definition) is 1. The Morgan fingerprint density at radius 3 is 0.804 bits per heavy atom. The Hall–Kier alpha value is -11.7. The molecular weight excluding hydrogens is 1310 g/mol. The zero-order chi connectivity index (χ0) is 65.3. The largest absolute Gasteiger partial charge is 0.356 e. The lowest BCUT2D eigenvalue weighted by molar-refractivity contribution is 1.18. The number of nitrogens with zero attached hydrogens (tertiary/aromatic N) is 4. The van der Waals surface area contributed by atoms with Crippen molar-refractivity contribution in [2.24, 2.45) is 0 Å². The van der Waals surface area contributed by atoms with Crippen LogP contribution in [0.1, 0.15) is 0 Å². The monoisotopic (exact) mass is 1370 g/mol. The molecule has 0 aliphatic rings. The summed E-state index contributed by atoms with van der Waals surface area (Å²) in [5.41, 5.74) is 23.1. The second kappa shape index (κ2) is 28.5. The summed E-state index contributed by atoms with van der Waals surface area (Å²) in [6.45, 7) is 0. The van der Waals surface area contributed by atoms with E-state index < -0.39 is 0 Å². The Labute approximate surface area is 582 Å². The third-order valence-corrected chi connectivity index (χ3v) is 18.5. The second-order valence-corrected chi connectivity index (χ2v) is 25.5. The number of hydrogen-bond acceptors (Lipinski definition) is 3. The molecule has 0 spiro atoms. The van der Waals surface area contributed by atoms with Gasteiger partial charge in [-0.25, -0.2) is 0 Å². The minimum Gasteiger partial charge on any atom is -0.356 e. The van der Waals surface area contributed by atoms with Crippen molar-refractivity contribution in [2.45, 2.75) is 0 Å². The molecule has 0 aliphatic carbocycles. The molecule has 0 radical (unpaired) electrons. The number of halogens is 2. The molecule has 0 fully saturated rings. The van der Waals surface area contributed by atoms with Gasteiger partial charge in [-0.3, -0.25) is 0 Å². The van der Waals surface area contributed by atoms with Crippen LogP contribution in [0.15, 0.2) is 397 Å². The Bertz CT molecular complexity index is 5200. The summed E-state index contributed by atoms with van der Waals surface area (Å²) in [7, 11) is 0. The zero-order valence-corrected chi connectivity index (χ0v) is 56.2. The van der Waals surface area contributed by atoms with Crippen molar-refractivity contribution in [3.05, 3.63) is 397 Å². The van der Waals surface area contributed by atoms with Gasteiger partial charge in [0.15, 0.2) is 0 Å². The summed E-state index contributed by atoms with van der Waals surface area (Å²) in [5.74, 6) is 0. The topological polar surface area (TPSA) is 28.4 Å². The normalized spacial score (nSPS) is 11.0. The van der Waals surface area contributed by atoms with Gasteiger partial charge in [-0.05, 0) is 203 Å². The highest BCUT2D eigenvalue weighted by atomic mass is 79.9. The first-order chi connectivity index (χ1) is 47.9. The fraction of sp³-hybridized carbons (Fsp3) is 0.